The van der Waals surface area contributed by atoms with Crippen LogP contribution in [0.4, 0.5) is 5.69 Å². The molecule has 1 fully saturated rings. The van der Waals surface area contributed by atoms with Gasteiger partial charge in [0, 0.05) is 29.5 Å². The van der Waals surface area contributed by atoms with Crippen LogP contribution in [0.2, 0.25) is 0 Å². The molecule has 1 unspecified atom stereocenters. The summed E-state index contributed by atoms with van der Waals surface area (Å²) in [5, 5.41) is 7.17. The van der Waals surface area contributed by atoms with Crippen molar-refractivity contribution in [3.05, 3.63) is 29.6 Å². The third kappa shape index (κ3) is 2.38. The lowest BCUT2D eigenvalue weighted by atomic mass is 10.2. The molecular weight excluding hydrogens is 240 g/mol. The smallest absolute Gasteiger partial charge is 0.0373 e. The number of rotatable bonds is 4. The van der Waals surface area contributed by atoms with Crippen molar-refractivity contribution in [2.75, 3.05) is 24.5 Å². The summed E-state index contributed by atoms with van der Waals surface area (Å²) in [6, 6.07) is 9.73. The Bertz CT molecular complexity index is 520. The van der Waals surface area contributed by atoms with Crippen LogP contribution in [-0.4, -0.2) is 25.7 Å². The third-order valence-corrected chi connectivity index (χ3v) is 4.57. The van der Waals surface area contributed by atoms with E-state index in [1.165, 1.54) is 35.2 Å². The third-order valence-electron chi connectivity index (χ3n) is 3.67. The first kappa shape index (κ1) is 12.0. The summed E-state index contributed by atoms with van der Waals surface area (Å²) in [5.41, 5.74) is 1.38. The molecule has 0 bridgehead atoms. The van der Waals surface area contributed by atoms with Crippen LogP contribution in [0, 0.1) is 0 Å². The predicted octanol–water partition coefficient (Wildman–Crippen LogP) is 3.48. The van der Waals surface area contributed by atoms with Gasteiger partial charge >= 0.3 is 0 Å². The fourth-order valence-electron chi connectivity index (χ4n) is 2.66. The fraction of sp³-hybridized carbons (Fsp3) is 0.467. The van der Waals surface area contributed by atoms with Gasteiger partial charge in [-0.05, 0) is 54.4 Å². The Morgan fingerprint density at radius 1 is 1.39 bits per heavy atom. The minimum absolute atomic E-state index is 0.670. The number of hydrogen-bond acceptors (Lipinski definition) is 3. The summed E-state index contributed by atoms with van der Waals surface area (Å²) in [6.07, 6.45) is 2.49. The van der Waals surface area contributed by atoms with E-state index in [2.05, 4.69) is 46.8 Å². The first-order valence-electron chi connectivity index (χ1n) is 6.82. The molecule has 0 spiro atoms. The molecule has 3 heteroatoms. The van der Waals surface area contributed by atoms with Crippen molar-refractivity contribution >= 4 is 27.1 Å². The van der Waals surface area contributed by atoms with Crippen molar-refractivity contribution in [1.82, 2.24) is 5.32 Å². The lowest BCUT2D eigenvalue weighted by Crippen LogP contribution is -2.32. The van der Waals surface area contributed by atoms with Crippen LogP contribution in [0.1, 0.15) is 19.8 Å². The number of thiophene rings is 1. The van der Waals surface area contributed by atoms with Crippen molar-refractivity contribution in [2.24, 2.45) is 0 Å². The normalized spacial score (nSPS) is 19.8. The van der Waals surface area contributed by atoms with Crippen LogP contribution >= 0.6 is 11.3 Å². The van der Waals surface area contributed by atoms with Gasteiger partial charge in [-0.25, -0.2) is 0 Å². The average Bonchev–Trinajstić information content (AvgIpc) is 3.04. The number of hydrogen-bond donors (Lipinski definition) is 1. The van der Waals surface area contributed by atoms with Gasteiger partial charge in [0.15, 0.2) is 0 Å². The molecule has 1 aliphatic heterocycles. The van der Waals surface area contributed by atoms with Crippen LogP contribution in [0.15, 0.2) is 29.6 Å². The lowest BCUT2D eigenvalue weighted by Gasteiger charge is -2.19. The highest BCUT2D eigenvalue weighted by atomic mass is 32.1. The second-order valence-electron chi connectivity index (χ2n) is 5.03. The summed E-state index contributed by atoms with van der Waals surface area (Å²) >= 11 is 1.82. The van der Waals surface area contributed by atoms with Crippen molar-refractivity contribution < 1.29 is 0 Å². The van der Waals surface area contributed by atoms with Gasteiger partial charge in [0.1, 0.15) is 0 Å². The standard InChI is InChI=1S/C15H20N2S/c1-2-7-16-13-5-8-17(11-13)14-3-4-15-12(10-14)6-9-18-15/h3-4,6,9-10,13,16H,2,5,7-8,11H2,1H3. The van der Waals surface area contributed by atoms with E-state index in [-0.39, 0.29) is 0 Å². The second kappa shape index (κ2) is 5.29. The number of anilines is 1. The van der Waals surface area contributed by atoms with Crippen LogP contribution in [-0.2, 0) is 0 Å². The maximum Gasteiger partial charge on any atom is 0.0373 e. The quantitative estimate of drug-likeness (QED) is 0.905. The molecule has 18 heavy (non-hydrogen) atoms. The molecule has 96 valence electrons. The Labute approximate surface area is 113 Å². The Morgan fingerprint density at radius 2 is 2.33 bits per heavy atom. The molecule has 0 radical (unpaired) electrons. The first-order valence-corrected chi connectivity index (χ1v) is 7.70. The van der Waals surface area contributed by atoms with Gasteiger partial charge < -0.3 is 10.2 Å². The zero-order chi connectivity index (χ0) is 12.4. The molecule has 1 aromatic carbocycles. The van der Waals surface area contributed by atoms with E-state index in [0.29, 0.717) is 6.04 Å². The maximum atomic E-state index is 3.62. The van der Waals surface area contributed by atoms with Crippen molar-refractivity contribution in [3.8, 4) is 0 Å². The van der Waals surface area contributed by atoms with Gasteiger partial charge in [0.25, 0.3) is 0 Å². The monoisotopic (exact) mass is 260 g/mol. The Hall–Kier alpha value is -1.06. The van der Waals surface area contributed by atoms with Gasteiger partial charge in [-0.2, -0.15) is 0 Å². The molecule has 0 saturated carbocycles. The predicted molar refractivity (Wildman–Crippen MR) is 80.7 cm³/mol. The summed E-state index contributed by atoms with van der Waals surface area (Å²) in [4.78, 5) is 2.50. The van der Waals surface area contributed by atoms with E-state index >= 15 is 0 Å². The second-order valence-corrected chi connectivity index (χ2v) is 5.98. The number of nitrogens with one attached hydrogen (secondary N) is 1. The van der Waals surface area contributed by atoms with Crippen LogP contribution < -0.4 is 10.2 Å². The van der Waals surface area contributed by atoms with E-state index in [4.69, 9.17) is 0 Å². The molecule has 2 heterocycles. The molecule has 3 rings (SSSR count). The molecule has 1 atom stereocenters. The number of benzene rings is 1. The van der Waals surface area contributed by atoms with Crippen LogP contribution in [0.5, 0.6) is 0 Å². The largest absolute Gasteiger partial charge is 0.370 e. The van der Waals surface area contributed by atoms with Crippen LogP contribution in [0.3, 0.4) is 0 Å². The summed E-state index contributed by atoms with van der Waals surface area (Å²) in [7, 11) is 0. The van der Waals surface area contributed by atoms with Crippen molar-refractivity contribution in [1.29, 1.82) is 0 Å². The Kier molecular flexibility index (Phi) is 3.52. The van der Waals surface area contributed by atoms with Gasteiger partial charge in [0.2, 0.25) is 0 Å². The maximum absolute atomic E-state index is 3.62. The van der Waals surface area contributed by atoms with Gasteiger partial charge in [-0.3, -0.25) is 0 Å². The SMILES string of the molecule is CCCNC1CCN(c2ccc3sccc3c2)C1. The molecule has 1 N–H and O–H groups in total. The minimum atomic E-state index is 0.670. The van der Waals surface area contributed by atoms with Crippen molar-refractivity contribution in [2.45, 2.75) is 25.8 Å². The molecule has 0 amide bonds. The van der Waals surface area contributed by atoms with E-state index in [0.717, 1.165) is 13.1 Å². The van der Waals surface area contributed by atoms with E-state index in [1.54, 1.807) is 0 Å². The Morgan fingerprint density at radius 3 is 3.22 bits per heavy atom. The summed E-state index contributed by atoms with van der Waals surface area (Å²) in [6.45, 7) is 5.69. The lowest BCUT2D eigenvalue weighted by molar-refractivity contribution is 0.549. The molecule has 0 aliphatic carbocycles. The fourth-order valence-corrected chi connectivity index (χ4v) is 3.43. The zero-order valence-corrected chi connectivity index (χ0v) is 11.7. The van der Waals surface area contributed by atoms with E-state index in [1.807, 2.05) is 11.3 Å². The molecule has 1 saturated heterocycles. The van der Waals surface area contributed by atoms with Crippen LogP contribution in [0.25, 0.3) is 10.1 Å². The van der Waals surface area contributed by atoms with Gasteiger partial charge in [0.05, 0.1) is 0 Å². The van der Waals surface area contributed by atoms with Crippen molar-refractivity contribution in [3.63, 3.8) is 0 Å². The minimum Gasteiger partial charge on any atom is -0.370 e. The molecule has 2 aromatic rings. The first-order chi connectivity index (χ1) is 8.86. The summed E-state index contributed by atoms with van der Waals surface area (Å²) < 4.78 is 1.39. The highest BCUT2D eigenvalue weighted by Crippen LogP contribution is 2.28. The highest BCUT2D eigenvalue weighted by molar-refractivity contribution is 7.17. The highest BCUT2D eigenvalue weighted by Gasteiger charge is 2.21. The Balaban J connectivity index is 1.71. The van der Waals surface area contributed by atoms with E-state index in [9.17, 15) is 0 Å². The van der Waals surface area contributed by atoms with E-state index < -0.39 is 0 Å². The number of fused-ring (bicyclic) bond motifs is 1. The van der Waals surface area contributed by atoms with Gasteiger partial charge in [-0.1, -0.05) is 6.92 Å². The zero-order valence-electron chi connectivity index (χ0n) is 10.9. The van der Waals surface area contributed by atoms with Gasteiger partial charge in [-0.15, -0.1) is 11.3 Å². The summed E-state index contributed by atoms with van der Waals surface area (Å²) in [5.74, 6) is 0. The average molecular weight is 260 g/mol. The molecule has 2 nitrogen and oxygen atoms in total. The molecule has 1 aromatic heterocycles. The molecule has 1 aliphatic rings. The topological polar surface area (TPSA) is 15.3 Å². The molecular formula is C15H20N2S. The number of nitrogens with zero attached hydrogens (tertiary/aromatic N) is 1.